The van der Waals surface area contributed by atoms with E-state index in [2.05, 4.69) is 19.1 Å². The van der Waals surface area contributed by atoms with Gasteiger partial charge in [-0.15, -0.1) is 0 Å². The van der Waals surface area contributed by atoms with Crippen molar-refractivity contribution < 1.29 is 4.79 Å². The van der Waals surface area contributed by atoms with Gasteiger partial charge in [0.15, 0.2) is 0 Å². The Morgan fingerprint density at radius 1 is 0.652 bits per heavy atom. The van der Waals surface area contributed by atoms with Gasteiger partial charge in [-0.25, -0.2) is 0 Å². The third-order valence-corrected chi connectivity index (χ3v) is 4.57. The van der Waals surface area contributed by atoms with E-state index in [1.807, 2.05) is 0 Å². The fourth-order valence-electron chi connectivity index (χ4n) is 2.87. The van der Waals surface area contributed by atoms with Gasteiger partial charge in [-0.2, -0.15) is 0 Å². The lowest BCUT2D eigenvalue weighted by atomic mass is 10.0. The molecule has 0 aromatic heterocycles. The van der Waals surface area contributed by atoms with Crippen molar-refractivity contribution in [2.24, 2.45) is 0 Å². The summed E-state index contributed by atoms with van der Waals surface area (Å²) in [6.07, 6.45) is 26.4. The van der Waals surface area contributed by atoms with Gasteiger partial charge in [0.1, 0.15) is 0 Å². The topological polar surface area (TPSA) is 17.1 Å². The number of hydrogen-bond acceptors (Lipinski definition) is 1. The predicted octanol–water partition coefficient (Wildman–Crippen LogP) is 7.96. The summed E-state index contributed by atoms with van der Waals surface area (Å²) in [5.74, 6) is 0. The number of rotatable bonds is 18. The highest BCUT2D eigenvalue weighted by molar-refractivity contribution is 6.63. The van der Waals surface area contributed by atoms with Crippen molar-refractivity contribution in [2.45, 2.75) is 116 Å². The third kappa shape index (κ3) is 21.7. The van der Waals surface area contributed by atoms with E-state index in [-0.39, 0.29) is 5.24 Å². The number of carbonyl (C=O) groups is 1. The lowest BCUT2D eigenvalue weighted by Crippen LogP contribution is -1.84. The Bertz CT molecular complexity index is 273. The largest absolute Gasteiger partial charge is 0.281 e. The smallest absolute Gasteiger partial charge is 0.221 e. The summed E-state index contributed by atoms with van der Waals surface area (Å²) >= 11 is 5.29. The molecular formula is C21H39ClO. The maximum absolute atomic E-state index is 10.6. The zero-order valence-corrected chi connectivity index (χ0v) is 16.2. The standard InChI is InChI=1S/C21H39ClO/c1-2-3-4-5-6-7-8-9-10-11-12-13-14-15-16-17-18-19-20-21(22)23/h16-17H,2-15,18-20H2,1H3/b17-16+. The molecule has 2 heteroatoms. The van der Waals surface area contributed by atoms with Crippen LogP contribution in [0, 0.1) is 0 Å². The highest BCUT2D eigenvalue weighted by Crippen LogP contribution is 2.13. The van der Waals surface area contributed by atoms with Gasteiger partial charge in [0.2, 0.25) is 5.24 Å². The van der Waals surface area contributed by atoms with Crippen LogP contribution in [0.2, 0.25) is 0 Å². The summed E-state index contributed by atoms with van der Waals surface area (Å²) in [6.45, 7) is 2.28. The molecule has 136 valence electrons. The van der Waals surface area contributed by atoms with Crippen LogP contribution in [0.4, 0.5) is 0 Å². The summed E-state index contributed by atoms with van der Waals surface area (Å²) in [5, 5.41) is -0.213. The summed E-state index contributed by atoms with van der Waals surface area (Å²) in [5.41, 5.74) is 0. The van der Waals surface area contributed by atoms with Crippen molar-refractivity contribution in [1.82, 2.24) is 0 Å². The lowest BCUT2D eigenvalue weighted by molar-refractivity contribution is -0.111. The predicted molar refractivity (Wildman–Crippen MR) is 104 cm³/mol. The van der Waals surface area contributed by atoms with Crippen LogP contribution < -0.4 is 0 Å². The van der Waals surface area contributed by atoms with Crippen LogP contribution in [0.15, 0.2) is 12.2 Å². The molecule has 0 bridgehead atoms. The second-order valence-electron chi connectivity index (χ2n) is 6.75. The fourth-order valence-corrected chi connectivity index (χ4v) is 3.01. The van der Waals surface area contributed by atoms with Gasteiger partial charge in [0.25, 0.3) is 0 Å². The Morgan fingerprint density at radius 2 is 1.04 bits per heavy atom. The quantitative estimate of drug-likeness (QED) is 0.140. The monoisotopic (exact) mass is 342 g/mol. The number of hydrogen-bond donors (Lipinski definition) is 0. The molecule has 0 unspecified atom stereocenters. The molecule has 1 nitrogen and oxygen atoms in total. The van der Waals surface area contributed by atoms with E-state index in [4.69, 9.17) is 11.6 Å². The molecule has 0 saturated heterocycles. The molecule has 0 radical (unpaired) electrons. The zero-order chi connectivity index (χ0) is 17.0. The van der Waals surface area contributed by atoms with Crippen molar-refractivity contribution in [3.63, 3.8) is 0 Å². The second kappa shape index (κ2) is 19.7. The molecule has 0 amide bonds. The highest BCUT2D eigenvalue weighted by atomic mass is 35.5. The Morgan fingerprint density at radius 3 is 1.48 bits per heavy atom. The van der Waals surface area contributed by atoms with Gasteiger partial charge in [0, 0.05) is 6.42 Å². The van der Waals surface area contributed by atoms with E-state index in [1.54, 1.807) is 0 Å². The summed E-state index contributed by atoms with van der Waals surface area (Å²) in [6, 6.07) is 0. The fraction of sp³-hybridized carbons (Fsp3) is 0.857. The van der Waals surface area contributed by atoms with Crippen LogP contribution in [0.3, 0.4) is 0 Å². The van der Waals surface area contributed by atoms with Crippen molar-refractivity contribution in [3.05, 3.63) is 12.2 Å². The molecule has 0 aromatic carbocycles. The summed E-state index contributed by atoms with van der Waals surface area (Å²) < 4.78 is 0. The van der Waals surface area contributed by atoms with Gasteiger partial charge < -0.3 is 0 Å². The first-order chi connectivity index (χ1) is 11.3. The lowest BCUT2D eigenvalue weighted by Gasteiger charge is -2.02. The van der Waals surface area contributed by atoms with E-state index in [0.29, 0.717) is 6.42 Å². The number of unbranched alkanes of at least 4 members (excludes halogenated alkanes) is 14. The first-order valence-corrected chi connectivity index (χ1v) is 10.5. The minimum atomic E-state index is -0.213. The van der Waals surface area contributed by atoms with Crippen molar-refractivity contribution in [3.8, 4) is 0 Å². The Hall–Kier alpha value is -0.300. The van der Waals surface area contributed by atoms with E-state index in [0.717, 1.165) is 12.8 Å². The summed E-state index contributed by atoms with van der Waals surface area (Å²) in [4.78, 5) is 10.6. The number of carbonyl (C=O) groups excluding carboxylic acids is 1. The van der Waals surface area contributed by atoms with E-state index >= 15 is 0 Å². The van der Waals surface area contributed by atoms with E-state index in [9.17, 15) is 4.79 Å². The SMILES string of the molecule is CCCCCCCCCCCCCCC/C=C/CCCC(=O)Cl. The molecular weight excluding hydrogens is 304 g/mol. The third-order valence-electron chi connectivity index (χ3n) is 4.39. The van der Waals surface area contributed by atoms with Crippen LogP contribution in [0.25, 0.3) is 0 Å². The molecule has 0 rings (SSSR count). The number of allylic oxidation sites excluding steroid dienone is 2. The maximum Gasteiger partial charge on any atom is 0.221 e. The van der Waals surface area contributed by atoms with Gasteiger partial charge in [0.05, 0.1) is 0 Å². The minimum Gasteiger partial charge on any atom is -0.281 e. The van der Waals surface area contributed by atoms with Crippen LogP contribution in [-0.4, -0.2) is 5.24 Å². The number of halogens is 1. The first-order valence-electron chi connectivity index (χ1n) is 10.1. The normalized spacial score (nSPS) is 11.4. The second-order valence-corrected chi connectivity index (χ2v) is 7.17. The Labute approximate surface area is 150 Å². The molecule has 0 spiro atoms. The molecule has 0 N–H and O–H groups in total. The highest BCUT2D eigenvalue weighted by Gasteiger charge is 1.94. The minimum absolute atomic E-state index is 0.213. The molecule has 0 aliphatic rings. The molecule has 0 atom stereocenters. The molecule has 0 fully saturated rings. The molecule has 0 heterocycles. The molecule has 0 aliphatic carbocycles. The van der Waals surface area contributed by atoms with Crippen LogP contribution >= 0.6 is 11.6 Å². The molecule has 0 saturated carbocycles. The van der Waals surface area contributed by atoms with Gasteiger partial charge >= 0.3 is 0 Å². The first kappa shape index (κ1) is 22.7. The van der Waals surface area contributed by atoms with Crippen molar-refractivity contribution in [2.75, 3.05) is 0 Å². The Balaban J connectivity index is 3.05. The van der Waals surface area contributed by atoms with Gasteiger partial charge in [-0.3, -0.25) is 4.79 Å². The van der Waals surface area contributed by atoms with E-state index in [1.165, 1.54) is 89.9 Å². The zero-order valence-electron chi connectivity index (χ0n) is 15.5. The van der Waals surface area contributed by atoms with Crippen molar-refractivity contribution >= 4 is 16.8 Å². The molecule has 0 aromatic rings. The molecule has 23 heavy (non-hydrogen) atoms. The van der Waals surface area contributed by atoms with Crippen LogP contribution in [0.1, 0.15) is 116 Å². The molecule has 0 aliphatic heterocycles. The van der Waals surface area contributed by atoms with Crippen LogP contribution in [0.5, 0.6) is 0 Å². The average Bonchev–Trinajstić information content (AvgIpc) is 2.53. The maximum atomic E-state index is 10.6. The Kier molecular flexibility index (Phi) is 19.5. The van der Waals surface area contributed by atoms with Gasteiger partial charge in [-0.1, -0.05) is 96.1 Å². The van der Waals surface area contributed by atoms with E-state index < -0.39 is 0 Å². The van der Waals surface area contributed by atoms with Crippen LogP contribution in [-0.2, 0) is 4.79 Å². The van der Waals surface area contributed by atoms with Crippen molar-refractivity contribution in [1.29, 1.82) is 0 Å². The average molecular weight is 343 g/mol. The summed E-state index contributed by atoms with van der Waals surface area (Å²) in [7, 11) is 0. The van der Waals surface area contributed by atoms with Gasteiger partial charge in [-0.05, 0) is 37.3 Å².